The van der Waals surface area contributed by atoms with Gasteiger partial charge < -0.3 is 10.6 Å². The van der Waals surface area contributed by atoms with Gasteiger partial charge in [0.25, 0.3) is 0 Å². The summed E-state index contributed by atoms with van der Waals surface area (Å²) >= 11 is 11.2. The Morgan fingerprint density at radius 1 is 0.600 bits per heavy atom. The number of carbonyl (C=O) groups excluding carboxylic acids is 6. The number of nitrogens with one attached hydrogen (secondary N) is 4. The SMILES string of the molecule is O=C(Nc1ncc(Br)s1)C(=O)Nc1ccccc1C(=O)C1CCCC1.O=C(Nc1ncc(Cl)s1)C(=O)Nc1ccccc1C(=O)C1CCCC1. The molecule has 0 atom stereocenters. The molecule has 2 aliphatic carbocycles. The van der Waals surface area contributed by atoms with E-state index in [9.17, 15) is 28.8 Å². The number of benzene rings is 2. The highest BCUT2D eigenvalue weighted by Crippen LogP contribution is 2.32. The van der Waals surface area contributed by atoms with Gasteiger partial charge in [0.1, 0.15) is 4.34 Å². The fourth-order valence-corrected chi connectivity index (χ4v) is 7.63. The van der Waals surface area contributed by atoms with Crippen molar-refractivity contribution in [3.8, 4) is 0 Å². The van der Waals surface area contributed by atoms with Crippen LogP contribution in [0.4, 0.5) is 21.6 Å². The van der Waals surface area contributed by atoms with Gasteiger partial charge in [-0.15, -0.1) is 0 Å². The van der Waals surface area contributed by atoms with Crippen LogP contribution in [-0.4, -0.2) is 45.2 Å². The van der Waals surface area contributed by atoms with E-state index in [2.05, 4.69) is 47.2 Å². The first-order valence-corrected chi connectivity index (χ1v) is 18.6. The summed E-state index contributed by atoms with van der Waals surface area (Å²) in [5.74, 6) is -3.36. The number of aromatic nitrogens is 2. The van der Waals surface area contributed by atoms with Crippen LogP contribution in [0.3, 0.4) is 0 Å². The first-order chi connectivity index (χ1) is 24.1. The van der Waals surface area contributed by atoms with Crippen LogP contribution in [0, 0.1) is 11.8 Å². The Morgan fingerprint density at radius 2 is 1.00 bits per heavy atom. The molecular weight excluding hydrogens is 768 g/mol. The number of para-hydroxylation sites is 2. The number of carbonyl (C=O) groups is 6. The van der Waals surface area contributed by atoms with Crippen molar-refractivity contribution in [2.75, 3.05) is 21.3 Å². The minimum absolute atomic E-state index is 0.000419. The molecule has 2 fully saturated rings. The lowest BCUT2D eigenvalue weighted by Gasteiger charge is -2.13. The van der Waals surface area contributed by atoms with Gasteiger partial charge in [0, 0.05) is 23.0 Å². The molecule has 2 aromatic heterocycles. The Bertz CT molecular complexity index is 1770. The van der Waals surface area contributed by atoms with Gasteiger partial charge in [-0.1, -0.05) is 84.2 Å². The first-order valence-electron chi connectivity index (χ1n) is 15.8. The lowest BCUT2D eigenvalue weighted by molar-refractivity contribution is -0.133. The topological polar surface area (TPSA) is 176 Å². The van der Waals surface area contributed by atoms with Gasteiger partial charge in [0.2, 0.25) is 0 Å². The number of anilines is 4. The molecular formula is C34H32BrClN6O6S2. The van der Waals surface area contributed by atoms with Crippen molar-refractivity contribution in [1.82, 2.24) is 9.97 Å². The summed E-state index contributed by atoms with van der Waals surface area (Å²) in [5, 5.41) is 10.4. The summed E-state index contributed by atoms with van der Waals surface area (Å²) in [6, 6.07) is 13.5. The Kier molecular flexibility index (Phi) is 13.0. The van der Waals surface area contributed by atoms with Crippen LogP contribution in [0.25, 0.3) is 0 Å². The smallest absolute Gasteiger partial charge is 0.315 e. The maximum atomic E-state index is 12.6. The van der Waals surface area contributed by atoms with E-state index in [1.54, 1.807) is 48.5 Å². The molecule has 2 aromatic carbocycles. The lowest BCUT2D eigenvalue weighted by Crippen LogP contribution is -2.30. The van der Waals surface area contributed by atoms with Gasteiger partial charge in [-0.3, -0.25) is 39.4 Å². The van der Waals surface area contributed by atoms with E-state index in [4.69, 9.17) is 11.6 Å². The van der Waals surface area contributed by atoms with Gasteiger partial charge in [-0.05, 0) is 65.9 Å². The molecule has 50 heavy (non-hydrogen) atoms. The number of hydrogen-bond acceptors (Lipinski definition) is 10. The molecule has 6 rings (SSSR count). The fourth-order valence-electron chi connectivity index (χ4n) is 5.72. The maximum Gasteiger partial charge on any atom is 0.315 e. The van der Waals surface area contributed by atoms with Gasteiger partial charge in [0.15, 0.2) is 21.8 Å². The predicted octanol–water partition coefficient (Wildman–Crippen LogP) is 7.60. The Hall–Kier alpha value is -4.31. The quantitative estimate of drug-likeness (QED) is 0.104. The number of halogens is 2. The number of nitrogens with zero attached hydrogens (tertiary/aromatic N) is 2. The average Bonchev–Trinajstić information content (AvgIpc) is 3.95. The van der Waals surface area contributed by atoms with Crippen molar-refractivity contribution in [3.63, 3.8) is 0 Å². The van der Waals surface area contributed by atoms with Crippen molar-refractivity contribution >= 4 is 107 Å². The number of amides is 4. The molecule has 12 nitrogen and oxygen atoms in total. The third kappa shape index (κ3) is 9.90. The van der Waals surface area contributed by atoms with Gasteiger partial charge in [-0.25, -0.2) is 9.97 Å². The molecule has 16 heteroatoms. The first kappa shape index (κ1) is 37.0. The zero-order valence-electron chi connectivity index (χ0n) is 26.5. The van der Waals surface area contributed by atoms with Crippen LogP contribution >= 0.6 is 50.2 Å². The predicted molar refractivity (Wildman–Crippen MR) is 197 cm³/mol. The number of hydrogen-bond donors (Lipinski definition) is 4. The van der Waals surface area contributed by atoms with Crippen molar-refractivity contribution < 1.29 is 28.8 Å². The molecule has 2 saturated carbocycles. The highest BCUT2D eigenvalue weighted by molar-refractivity contribution is 9.11. The maximum absolute atomic E-state index is 12.6. The van der Waals surface area contributed by atoms with E-state index < -0.39 is 23.6 Å². The molecule has 260 valence electrons. The number of Topliss-reactive ketones (excluding diaryl/α,β-unsaturated/α-hetero) is 2. The molecule has 0 bridgehead atoms. The average molecular weight is 800 g/mol. The molecule has 4 N–H and O–H groups in total. The Balaban J connectivity index is 0.000000194. The molecule has 2 heterocycles. The van der Waals surface area contributed by atoms with Crippen LogP contribution in [0.2, 0.25) is 4.34 Å². The van der Waals surface area contributed by atoms with Crippen LogP contribution < -0.4 is 21.3 Å². The van der Waals surface area contributed by atoms with Gasteiger partial charge >= 0.3 is 23.6 Å². The summed E-state index contributed by atoms with van der Waals surface area (Å²) < 4.78 is 1.15. The lowest BCUT2D eigenvalue weighted by atomic mass is 9.95. The minimum atomic E-state index is -0.867. The zero-order chi connectivity index (χ0) is 35.6. The van der Waals surface area contributed by atoms with Crippen LogP contribution in [0.15, 0.2) is 64.7 Å². The monoisotopic (exact) mass is 798 g/mol. The summed E-state index contributed by atoms with van der Waals surface area (Å²) in [5.41, 5.74) is 1.59. The van der Waals surface area contributed by atoms with Crippen molar-refractivity contribution in [3.05, 3.63) is 80.2 Å². The molecule has 0 spiro atoms. The molecule has 4 amide bonds. The van der Waals surface area contributed by atoms with Gasteiger partial charge in [-0.2, -0.15) is 0 Å². The highest BCUT2D eigenvalue weighted by Gasteiger charge is 2.28. The molecule has 4 aromatic rings. The molecule has 0 radical (unpaired) electrons. The van der Waals surface area contributed by atoms with E-state index in [-0.39, 0.29) is 28.5 Å². The summed E-state index contributed by atoms with van der Waals surface area (Å²) in [4.78, 5) is 81.4. The summed E-state index contributed by atoms with van der Waals surface area (Å²) in [6.07, 6.45) is 10.6. The van der Waals surface area contributed by atoms with Crippen molar-refractivity contribution in [1.29, 1.82) is 0 Å². The fraction of sp³-hybridized carbons (Fsp3) is 0.294. The van der Waals surface area contributed by atoms with Crippen LogP contribution in [-0.2, 0) is 19.2 Å². The van der Waals surface area contributed by atoms with Crippen molar-refractivity contribution in [2.24, 2.45) is 11.8 Å². The minimum Gasteiger partial charge on any atom is -0.317 e. The van der Waals surface area contributed by atoms with Crippen molar-refractivity contribution in [2.45, 2.75) is 51.4 Å². The third-order valence-electron chi connectivity index (χ3n) is 8.14. The summed E-state index contributed by atoms with van der Waals surface area (Å²) in [6.45, 7) is 0. The zero-order valence-corrected chi connectivity index (χ0v) is 30.5. The number of rotatable bonds is 8. The Morgan fingerprint density at radius 3 is 1.40 bits per heavy atom. The Labute approximate surface area is 308 Å². The largest absolute Gasteiger partial charge is 0.317 e. The normalized spacial score (nSPS) is 14.3. The third-order valence-corrected chi connectivity index (χ3v) is 10.6. The van der Waals surface area contributed by atoms with E-state index in [1.807, 2.05) is 0 Å². The van der Waals surface area contributed by atoms with Crippen LogP contribution in [0.1, 0.15) is 72.1 Å². The van der Waals surface area contributed by atoms with E-state index in [0.717, 1.165) is 66.5 Å². The number of thiazole rings is 2. The molecule has 2 aliphatic rings. The second kappa shape index (κ2) is 17.6. The van der Waals surface area contributed by atoms with E-state index in [0.29, 0.717) is 32.0 Å². The van der Waals surface area contributed by atoms with Crippen LogP contribution in [0.5, 0.6) is 0 Å². The molecule has 0 unspecified atom stereocenters. The second-order valence-corrected chi connectivity index (χ2v) is 15.6. The summed E-state index contributed by atoms with van der Waals surface area (Å²) in [7, 11) is 0. The van der Waals surface area contributed by atoms with Gasteiger partial charge in [0.05, 0.1) is 27.6 Å². The standard InChI is InChI=1S/C17H16BrN3O3S.C17H16ClN3O3S/c2*18-13-9-19-17(25-13)21-16(24)15(23)20-12-8-4-3-7-11(12)14(22)10-5-1-2-6-10/h2*3-4,7-10H,1-2,5-6H2,(H,20,23)(H,19,21,24). The van der Waals surface area contributed by atoms with E-state index in [1.165, 1.54) is 23.7 Å². The molecule has 0 aliphatic heterocycles. The van der Waals surface area contributed by atoms with E-state index >= 15 is 0 Å². The second-order valence-electron chi connectivity index (χ2n) is 11.5. The molecule has 0 saturated heterocycles. The highest BCUT2D eigenvalue weighted by atomic mass is 79.9. The number of ketones is 2.